The number of hydrogen-bond acceptors (Lipinski definition) is 8. The number of sulfonamides is 1. The van der Waals surface area contributed by atoms with Crippen LogP contribution in [0.4, 0.5) is 45.3 Å². The van der Waals surface area contributed by atoms with Gasteiger partial charge in [0.15, 0.2) is 11.5 Å². The van der Waals surface area contributed by atoms with E-state index in [0.717, 1.165) is 22.8 Å². The van der Waals surface area contributed by atoms with Gasteiger partial charge < -0.3 is 10.1 Å². The molecule has 3 aliphatic carbocycles. The minimum Gasteiger partial charge on any atom is -0.366 e. The van der Waals surface area contributed by atoms with E-state index in [1.54, 1.807) is 13.8 Å². The molecule has 5 aromatic rings. The van der Waals surface area contributed by atoms with Crippen molar-refractivity contribution >= 4 is 44.3 Å². The number of rotatable bonds is 13. The summed E-state index contributed by atoms with van der Waals surface area (Å²) in [6, 6.07) is 3.74. The van der Waals surface area contributed by atoms with Crippen LogP contribution in [0.1, 0.15) is 79.1 Å². The maximum absolute atomic E-state index is 15.5. The second-order valence-corrected chi connectivity index (χ2v) is 18.5. The number of fused-ring (bicyclic) bond motifs is 4. The molecule has 3 atom stereocenters. The van der Waals surface area contributed by atoms with Crippen molar-refractivity contribution < 1.29 is 57.5 Å². The first-order chi connectivity index (χ1) is 29.9. The van der Waals surface area contributed by atoms with Crippen LogP contribution < -0.4 is 15.6 Å². The number of aromatic nitrogens is 6. The number of methoxy groups -OCH3 is 1. The fourth-order valence-electron chi connectivity index (χ4n) is 7.82. The molecule has 3 aliphatic rings. The molecule has 340 valence electrons. The molecule has 0 unspecified atom stereocenters. The standard InChI is InChI=1S/C40H34ClF9N8O5S/c1-38(2,63-3)9-8-21-14-30(60)58(27-7-6-25(41)32-33(27)56(16-28(44)45)54-36(32)55-64(61,62)22-4-5-22)37(51-21)26(12-18-10-19(42)13-20(43)11-18)52-29(59)17-57-35-31(34(53-57)40(48,49)50)23-15-24(23)39(35,46)47/h6-7,10-11,13-14,22-24,26,28H,4-5,12,15-17H2,1-3H3,(H,52,59)(H,54,55)/t23-,24+,26-/m0/s1. The van der Waals surface area contributed by atoms with E-state index in [1.165, 1.54) is 19.2 Å². The van der Waals surface area contributed by atoms with Crippen LogP contribution in [0.3, 0.4) is 0 Å². The van der Waals surface area contributed by atoms with Crippen molar-refractivity contribution in [3.8, 4) is 17.5 Å². The molecule has 0 spiro atoms. The van der Waals surface area contributed by atoms with E-state index in [1.807, 2.05) is 0 Å². The van der Waals surface area contributed by atoms with E-state index >= 15 is 8.78 Å². The predicted octanol–water partition coefficient (Wildman–Crippen LogP) is 6.98. The van der Waals surface area contributed by atoms with Crippen molar-refractivity contribution in [3.63, 3.8) is 0 Å². The summed E-state index contributed by atoms with van der Waals surface area (Å²) in [6.45, 7) is 0.711. The zero-order chi connectivity index (χ0) is 46.4. The summed E-state index contributed by atoms with van der Waals surface area (Å²) in [4.78, 5) is 33.0. The Hall–Kier alpha value is -5.60. The number of carbonyl (C=O) groups is 1. The smallest absolute Gasteiger partial charge is 0.366 e. The first kappa shape index (κ1) is 45.0. The molecule has 3 aromatic heterocycles. The van der Waals surface area contributed by atoms with Gasteiger partial charge in [-0.3, -0.25) is 28.2 Å². The lowest BCUT2D eigenvalue weighted by Gasteiger charge is -2.24. The number of anilines is 1. The Morgan fingerprint density at radius 3 is 2.38 bits per heavy atom. The maximum Gasteiger partial charge on any atom is 0.435 e. The molecule has 1 amide bonds. The number of amides is 1. The highest BCUT2D eigenvalue weighted by Crippen LogP contribution is 2.68. The number of nitrogens with zero attached hydrogens (tertiary/aromatic N) is 6. The van der Waals surface area contributed by atoms with Gasteiger partial charge in [-0.25, -0.2) is 31.0 Å². The Balaban J connectivity index is 1.33. The quantitative estimate of drug-likeness (QED) is 0.0947. The van der Waals surface area contributed by atoms with Gasteiger partial charge in [-0.1, -0.05) is 17.5 Å². The van der Waals surface area contributed by atoms with E-state index in [9.17, 15) is 48.7 Å². The summed E-state index contributed by atoms with van der Waals surface area (Å²) in [7, 11) is -2.76. The molecule has 24 heteroatoms. The molecular weight excluding hydrogens is 911 g/mol. The van der Waals surface area contributed by atoms with Crippen LogP contribution in [0.5, 0.6) is 0 Å². The lowest BCUT2D eigenvalue weighted by molar-refractivity contribution is -0.142. The van der Waals surface area contributed by atoms with Crippen molar-refractivity contribution in [2.75, 3.05) is 11.8 Å². The third kappa shape index (κ3) is 8.54. The van der Waals surface area contributed by atoms with Gasteiger partial charge in [0.05, 0.1) is 32.9 Å². The SMILES string of the molecule is COC(C)(C)C#Cc1cc(=O)n(-c2ccc(Cl)c3c(NS(=O)(=O)C4CC4)nn(CC(F)F)c23)c([C@H](Cc2cc(F)cc(F)c2)NC(=O)Cn2nc(C(F)(F)F)c3c2C(F)(F)[C@@H]2C[C@H]32)n1. The average Bonchev–Trinajstić information content (AvgIpc) is 4.10. The highest BCUT2D eigenvalue weighted by molar-refractivity contribution is 7.93. The Kier molecular flexibility index (Phi) is 11.1. The van der Waals surface area contributed by atoms with E-state index in [2.05, 4.69) is 37.1 Å². The molecule has 13 nitrogen and oxygen atoms in total. The zero-order valence-corrected chi connectivity index (χ0v) is 35.1. The lowest BCUT2D eigenvalue weighted by atomic mass is 10.0. The van der Waals surface area contributed by atoms with E-state index in [0.29, 0.717) is 23.6 Å². The van der Waals surface area contributed by atoms with Gasteiger partial charge in [-0.15, -0.1) is 0 Å². The molecule has 0 radical (unpaired) electrons. The van der Waals surface area contributed by atoms with Crippen LogP contribution in [0, 0.1) is 29.4 Å². The van der Waals surface area contributed by atoms with Gasteiger partial charge in [-0.2, -0.15) is 32.1 Å². The predicted molar refractivity (Wildman–Crippen MR) is 211 cm³/mol. The summed E-state index contributed by atoms with van der Waals surface area (Å²) >= 11 is 6.58. The highest BCUT2D eigenvalue weighted by atomic mass is 35.5. The Bertz CT molecular complexity index is 2950. The minimum atomic E-state index is -5.17. The van der Waals surface area contributed by atoms with Crippen LogP contribution >= 0.6 is 11.6 Å². The number of benzene rings is 2. The fourth-order valence-corrected chi connectivity index (χ4v) is 9.40. The number of alkyl halides is 7. The normalized spacial score (nSPS) is 18.4. The van der Waals surface area contributed by atoms with E-state index in [4.69, 9.17) is 16.3 Å². The van der Waals surface area contributed by atoms with Crippen molar-refractivity contribution in [3.05, 3.63) is 97.4 Å². The number of halogens is 10. The summed E-state index contributed by atoms with van der Waals surface area (Å²) < 4.78 is 167. The summed E-state index contributed by atoms with van der Waals surface area (Å²) in [5.74, 6) is -5.40. The number of carbonyl (C=O) groups excluding carboxylic acids is 1. The number of nitrogens with one attached hydrogen (secondary N) is 2. The molecule has 64 heavy (non-hydrogen) atoms. The zero-order valence-electron chi connectivity index (χ0n) is 33.5. The van der Waals surface area contributed by atoms with Crippen molar-refractivity contribution in [2.24, 2.45) is 5.92 Å². The second kappa shape index (κ2) is 15.8. The Labute approximate surface area is 362 Å². The van der Waals surface area contributed by atoms with Crippen LogP contribution in [0.25, 0.3) is 16.6 Å². The van der Waals surface area contributed by atoms with Gasteiger partial charge in [0, 0.05) is 37.1 Å². The van der Waals surface area contributed by atoms with Crippen LogP contribution in [-0.4, -0.2) is 67.8 Å². The summed E-state index contributed by atoms with van der Waals surface area (Å²) in [5, 5.41) is 8.66. The fraction of sp³-hybridized carbons (Fsp3) is 0.425. The highest BCUT2D eigenvalue weighted by Gasteiger charge is 2.68. The molecule has 2 fully saturated rings. The first-order valence-electron chi connectivity index (χ1n) is 19.4. The number of ether oxygens (including phenoxy) is 1. The number of hydrogen-bond donors (Lipinski definition) is 2. The molecule has 8 rings (SSSR count). The van der Waals surface area contributed by atoms with Gasteiger partial charge in [-0.05, 0) is 74.8 Å². The maximum atomic E-state index is 15.5. The van der Waals surface area contributed by atoms with Crippen molar-refractivity contribution in [1.29, 1.82) is 0 Å². The topological polar surface area (TPSA) is 155 Å². The third-order valence-corrected chi connectivity index (χ3v) is 13.2. The molecular formula is C40H34ClF9N8O5S. The summed E-state index contributed by atoms with van der Waals surface area (Å²) in [5.41, 5.74) is -6.75. The molecule has 2 N–H and O–H groups in total. The van der Waals surface area contributed by atoms with Crippen LogP contribution in [-0.2, 0) is 51.2 Å². The van der Waals surface area contributed by atoms with E-state index < -0.39 is 128 Å². The average molecular weight is 945 g/mol. The van der Waals surface area contributed by atoms with Gasteiger partial charge >= 0.3 is 6.18 Å². The molecule has 0 bridgehead atoms. The Morgan fingerprint density at radius 1 is 1.06 bits per heavy atom. The van der Waals surface area contributed by atoms with Gasteiger partial charge in [0.25, 0.3) is 17.9 Å². The monoisotopic (exact) mass is 944 g/mol. The molecule has 0 aliphatic heterocycles. The largest absolute Gasteiger partial charge is 0.435 e. The second-order valence-electron chi connectivity index (χ2n) is 16.1. The van der Waals surface area contributed by atoms with Gasteiger partial charge in [0.2, 0.25) is 15.9 Å². The van der Waals surface area contributed by atoms with Crippen LogP contribution in [0.15, 0.2) is 41.2 Å². The van der Waals surface area contributed by atoms with Crippen molar-refractivity contribution in [1.82, 2.24) is 34.4 Å². The lowest BCUT2D eigenvalue weighted by Crippen LogP contribution is -2.38. The molecule has 2 saturated carbocycles. The van der Waals surface area contributed by atoms with Gasteiger partial charge in [0.1, 0.15) is 47.5 Å². The summed E-state index contributed by atoms with van der Waals surface area (Å²) in [6.07, 6.45) is -8.54. The molecule has 0 saturated heterocycles. The minimum absolute atomic E-state index is 0.188. The third-order valence-electron chi connectivity index (χ3n) is 11.0. The van der Waals surface area contributed by atoms with Crippen LogP contribution in [0.2, 0.25) is 5.02 Å². The molecule has 3 heterocycles. The van der Waals surface area contributed by atoms with E-state index in [-0.39, 0.29) is 44.0 Å². The molecule has 2 aromatic carbocycles. The Morgan fingerprint density at radius 2 is 1.75 bits per heavy atom. The van der Waals surface area contributed by atoms with Crippen molar-refractivity contribution in [2.45, 2.75) is 94.0 Å². The first-order valence-corrected chi connectivity index (χ1v) is 21.3.